The molecule has 0 spiro atoms. The van der Waals surface area contributed by atoms with Crippen LogP contribution in [0.1, 0.15) is 23.0 Å². The molecule has 5 heteroatoms. The smallest absolute Gasteiger partial charge is 0.356 e. The van der Waals surface area contributed by atoms with E-state index in [2.05, 4.69) is 26.9 Å². The molecule has 0 aliphatic carbocycles. The van der Waals surface area contributed by atoms with Gasteiger partial charge in [0.25, 0.3) is 0 Å². The molecule has 5 nitrogen and oxygen atoms in total. The van der Waals surface area contributed by atoms with Gasteiger partial charge in [0.15, 0.2) is 0 Å². The third-order valence-corrected chi connectivity index (χ3v) is 1.81. The van der Waals surface area contributed by atoms with E-state index < -0.39 is 5.97 Å². The Morgan fingerprint density at radius 1 is 1.53 bits per heavy atom. The van der Waals surface area contributed by atoms with Crippen LogP contribution in [0.15, 0.2) is 18.3 Å². The van der Waals surface area contributed by atoms with Crippen LogP contribution in [0.25, 0.3) is 0 Å². The number of nitrogens with zero attached hydrogens (tertiary/aromatic N) is 1. The number of amides is 1. The fraction of sp³-hybridized carbons (Fsp3) is 0.250. The molecular weight excluding hydrogens is 220 g/mol. The van der Waals surface area contributed by atoms with Gasteiger partial charge in [-0.3, -0.25) is 4.79 Å². The quantitative estimate of drug-likeness (QED) is 0.590. The van der Waals surface area contributed by atoms with E-state index >= 15 is 0 Å². The molecule has 0 aliphatic rings. The van der Waals surface area contributed by atoms with Crippen molar-refractivity contribution in [1.82, 2.24) is 10.3 Å². The summed E-state index contributed by atoms with van der Waals surface area (Å²) in [4.78, 5) is 25.6. The summed E-state index contributed by atoms with van der Waals surface area (Å²) in [6.45, 7) is 1.69. The van der Waals surface area contributed by atoms with Crippen molar-refractivity contribution in [2.24, 2.45) is 0 Å². The van der Waals surface area contributed by atoms with E-state index in [9.17, 15) is 9.59 Å². The summed E-state index contributed by atoms with van der Waals surface area (Å²) in [6, 6.07) is 3.21. The van der Waals surface area contributed by atoms with E-state index in [4.69, 9.17) is 0 Å². The average Bonchev–Trinajstić information content (AvgIpc) is 2.34. The van der Waals surface area contributed by atoms with Gasteiger partial charge >= 0.3 is 5.97 Å². The zero-order valence-corrected chi connectivity index (χ0v) is 9.61. The average molecular weight is 232 g/mol. The van der Waals surface area contributed by atoms with Crippen LogP contribution < -0.4 is 5.32 Å². The minimum atomic E-state index is -0.504. The molecule has 1 amide bonds. The highest BCUT2D eigenvalue weighted by Gasteiger charge is 2.05. The van der Waals surface area contributed by atoms with Crippen LogP contribution in [0.5, 0.6) is 0 Å². The molecule has 0 fully saturated rings. The Bertz CT molecular complexity index is 486. The van der Waals surface area contributed by atoms with E-state index in [0.29, 0.717) is 5.56 Å². The number of aromatic nitrogens is 1. The van der Waals surface area contributed by atoms with Gasteiger partial charge in [-0.2, -0.15) is 0 Å². The Labute approximate surface area is 99.2 Å². The van der Waals surface area contributed by atoms with Crippen LogP contribution in [0.3, 0.4) is 0 Å². The van der Waals surface area contributed by atoms with E-state index in [-0.39, 0.29) is 18.1 Å². The maximum Gasteiger partial charge on any atom is 0.356 e. The second kappa shape index (κ2) is 6.28. The maximum absolute atomic E-state index is 11.2. The van der Waals surface area contributed by atoms with E-state index in [1.165, 1.54) is 26.3 Å². The third-order valence-electron chi connectivity index (χ3n) is 1.81. The summed E-state index contributed by atoms with van der Waals surface area (Å²) >= 11 is 0. The first-order valence-corrected chi connectivity index (χ1v) is 4.91. The lowest BCUT2D eigenvalue weighted by Gasteiger charge is -1.97. The Balaban J connectivity index is 2.71. The van der Waals surface area contributed by atoms with Crippen molar-refractivity contribution in [2.75, 3.05) is 13.7 Å². The number of carbonyl (C=O) groups is 2. The van der Waals surface area contributed by atoms with Gasteiger partial charge in [0.05, 0.1) is 13.7 Å². The lowest BCUT2D eigenvalue weighted by atomic mass is 10.2. The highest BCUT2D eigenvalue weighted by Crippen LogP contribution is 2.01. The van der Waals surface area contributed by atoms with Crippen molar-refractivity contribution in [2.45, 2.75) is 6.92 Å². The zero-order valence-electron chi connectivity index (χ0n) is 9.61. The van der Waals surface area contributed by atoms with Gasteiger partial charge in [-0.15, -0.1) is 0 Å². The first kappa shape index (κ1) is 12.7. The first-order chi connectivity index (χ1) is 8.13. The molecule has 0 saturated carbocycles. The van der Waals surface area contributed by atoms with Gasteiger partial charge in [0, 0.05) is 18.7 Å². The fourth-order valence-electron chi connectivity index (χ4n) is 1.04. The number of rotatable bonds is 2. The van der Waals surface area contributed by atoms with Crippen molar-refractivity contribution >= 4 is 11.9 Å². The number of esters is 1. The lowest BCUT2D eigenvalue weighted by Crippen LogP contribution is -2.19. The Hall–Kier alpha value is -2.35. The highest BCUT2D eigenvalue weighted by molar-refractivity contribution is 5.87. The second-order valence-electron chi connectivity index (χ2n) is 3.13. The van der Waals surface area contributed by atoms with E-state index in [0.717, 1.165) is 0 Å². The van der Waals surface area contributed by atoms with Crippen molar-refractivity contribution in [3.05, 3.63) is 29.6 Å². The molecule has 1 rings (SSSR count). The number of nitrogens with one attached hydrogen (secondary N) is 1. The van der Waals surface area contributed by atoms with Crippen molar-refractivity contribution in [3.63, 3.8) is 0 Å². The summed E-state index contributed by atoms with van der Waals surface area (Å²) in [5.74, 6) is 4.92. The maximum atomic E-state index is 11.2. The van der Waals surface area contributed by atoms with Gasteiger partial charge in [-0.25, -0.2) is 9.78 Å². The minimum absolute atomic E-state index is 0.135. The molecule has 0 atom stereocenters. The van der Waals surface area contributed by atoms with Crippen molar-refractivity contribution in [1.29, 1.82) is 0 Å². The Kier molecular flexibility index (Phi) is 4.70. The summed E-state index contributed by atoms with van der Waals surface area (Å²) < 4.78 is 4.54. The monoisotopic (exact) mass is 232 g/mol. The summed E-state index contributed by atoms with van der Waals surface area (Å²) in [7, 11) is 1.29. The normalized spacial score (nSPS) is 8.82. The van der Waals surface area contributed by atoms with Gasteiger partial charge in [0.1, 0.15) is 5.69 Å². The molecule has 17 heavy (non-hydrogen) atoms. The summed E-state index contributed by atoms with van der Waals surface area (Å²) in [5, 5.41) is 2.54. The predicted octanol–water partition coefficient (Wildman–Crippen LogP) is 0.356. The molecule has 0 bridgehead atoms. The number of ether oxygens (including phenoxy) is 1. The van der Waals surface area contributed by atoms with Crippen LogP contribution >= 0.6 is 0 Å². The number of pyridine rings is 1. The largest absolute Gasteiger partial charge is 0.464 e. The molecule has 88 valence electrons. The molecule has 0 aliphatic heterocycles. The summed E-state index contributed by atoms with van der Waals surface area (Å²) in [5.41, 5.74) is 0.851. The zero-order chi connectivity index (χ0) is 12.7. The summed E-state index contributed by atoms with van der Waals surface area (Å²) in [6.07, 6.45) is 1.48. The molecule has 0 saturated heterocycles. The molecule has 0 unspecified atom stereocenters. The number of hydrogen-bond donors (Lipinski definition) is 1. The molecular formula is C12H12N2O3. The number of hydrogen-bond acceptors (Lipinski definition) is 4. The standard InChI is InChI=1S/C12H12N2O3/c1-9(15)13-6-3-4-10-5-7-14-11(8-10)12(16)17-2/h5,7-8H,6H2,1-2H3,(H,13,15). The predicted molar refractivity (Wildman–Crippen MR) is 61.1 cm³/mol. The molecule has 1 aromatic rings. The second-order valence-corrected chi connectivity index (χ2v) is 3.13. The van der Waals surface area contributed by atoms with Crippen LogP contribution in [-0.4, -0.2) is 30.5 Å². The number of methoxy groups -OCH3 is 1. The van der Waals surface area contributed by atoms with Gasteiger partial charge in [0.2, 0.25) is 5.91 Å². The van der Waals surface area contributed by atoms with Crippen molar-refractivity contribution in [3.8, 4) is 11.8 Å². The minimum Gasteiger partial charge on any atom is -0.464 e. The molecule has 0 radical (unpaired) electrons. The van der Waals surface area contributed by atoms with Gasteiger partial charge in [-0.1, -0.05) is 11.8 Å². The van der Waals surface area contributed by atoms with Crippen LogP contribution in [0, 0.1) is 11.8 Å². The molecule has 1 aromatic heterocycles. The molecule has 1 N–H and O–H groups in total. The highest BCUT2D eigenvalue weighted by atomic mass is 16.5. The van der Waals surface area contributed by atoms with Crippen LogP contribution in [0.2, 0.25) is 0 Å². The number of carbonyl (C=O) groups excluding carboxylic acids is 2. The van der Waals surface area contributed by atoms with Crippen LogP contribution in [0.4, 0.5) is 0 Å². The molecule has 1 heterocycles. The van der Waals surface area contributed by atoms with Gasteiger partial charge < -0.3 is 10.1 Å². The van der Waals surface area contributed by atoms with Crippen molar-refractivity contribution < 1.29 is 14.3 Å². The van der Waals surface area contributed by atoms with Crippen LogP contribution in [-0.2, 0) is 9.53 Å². The lowest BCUT2D eigenvalue weighted by molar-refractivity contribution is -0.118. The SMILES string of the molecule is COC(=O)c1cc(C#CCNC(C)=O)ccn1. The van der Waals surface area contributed by atoms with E-state index in [1.54, 1.807) is 6.07 Å². The Morgan fingerprint density at radius 2 is 2.29 bits per heavy atom. The first-order valence-electron chi connectivity index (χ1n) is 4.91. The molecule has 0 aromatic carbocycles. The topological polar surface area (TPSA) is 68.3 Å². The van der Waals surface area contributed by atoms with Gasteiger partial charge in [-0.05, 0) is 12.1 Å². The fourth-order valence-corrected chi connectivity index (χ4v) is 1.04. The van der Waals surface area contributed by atoms with E-state index in [1.807, 2.05) is 0 Å². The Morgan fingerprint density at radius 3 is 2.94 bits per heavy atom. The third kappa shape index (κ3) is 4.34.